The largest absolute Gasteiger partial charge is 0.342 e. The van der Waals surface area contributed by atoms with Crippen LogP contribution in [0, 0.1) is 6.92 Å². The van der Waals surface area contributed by atoms with Gasteiger partial charge in [-0.15, -0.1) is 0 Å². The lowest BCUT2D eigenvalue weighted by Crippen LogP contribution is -2.46. The zero-order valence-electron chi connectivity index (χ0n) is 17.1. The third-order valence-electron chi connectivity index (χ3n) is 5.52. The molecule has 1 aliphatic rings. The Labute approximate surface area is 167 Å². The number of hydrogen-bond acceptors (Lipinski definition) is 3. The molecule has 2 atom stereocenters. The molecule has 2 heterocycles. The Balaban J connectivity index is 1.92. The van der Waals surface area contributed by atoms with Crippen molar-refractivity contribution in [2.45, 2.75) is 58.5 Å². The van der Waals surface area contributed by atoms with Gasteiger partial charge in [0.15, 0.2) is 0 Å². The zero-order chi connectivity index (χ0) is 20.3. The second-order valence-electron chi connectivity index (χ2n) is 7.84. The molecule has 2 amide bonds. The molecule has 148 valence electrons. The van der Waals surface area contributed by atoms with E-state index in [9.17, 15) is 9.59 Å². The van der Waals surface area contributed by atoms with Gasteiger partial charge in [0, 0.05) is 19.7 Å². The van der Waals surface area contributed by atoms with Crippen LogP contribution in [0.3, 0.4) is 0 Å². The maximum atomic E-state index is 13.1. The number of carbonyl (C=O) groups excluding carboxylic acids is 2. The highest BCUT2D eigenvalue weighted by molar-refractivity contribution is 5.88. The molecule has 0 radical (unpaired) electrons. The van der Waals surface area contributed by atoms with Gasteiger partial charge in [-0.3, -0.25) is 14.6 Å². The van der Waals surface area contributed by atoms with Crippen molar-refractivity contribution in [1.29, 1.82) is 0 Å². The van der Waals surface area contributed by atoms with Gasteiger partial charge in [-0.05, 0) is 48.4 Å². The van der Waals surface area contributed by atoms with Crippen LogP contribution in [0.1, 0.15) is 68.0 Å². The second kappa shape index (κ2) is 8.55. The lowest BCUT2D eigenvalue weighted by molar-refractivity contribution is -0.137. The van der Waals surface area contributed by atoms with Crippen LogP contribution in [0.25, 0.3) is 0 Å². The number of carbonyl (C=O) groups is 2. The van der Waals surface area contributed by atoms with Crippen molar-refractivity contribution in [1.82, 2.24) is 15.2 Å². The molecular formula is C23H29N3O2. The van der Waals surface area contributed by atoms with E-state index in [0.29, 0.717) is 18.9 Å². The van der Waals surface area contributed by atoms with E-state index in [1.165, 1.54) is 6.92 Å². The molecule has 28 heavy (non-hydrogen) atoms. The van der Waals surface area contributed by atoms with E-state index in [1.807, 2.05) is 43.5 Å². The summed E-state index contributed by atoms with van der Waals surface area (Å²) in [4.78, 5) is 31.3. The van der Waals surface area contributed by atoms with Crippen molar-refractivity contribution in [3.8, 4) is 0 Å². The molecule has 0 spiro atoms. The van der Waals surface area contributed by atoms with Crippen molar-refractivity contribution in [2.24, 2.45) is 0 Å². The number of pyridine rings is 1. The van der Waals surface area contributed by atoms with Crippen molar-refractivity contribution < 1.29 is 9.59 Å². The summed E-state index contributed by atoms with van der Waals surface area (Å²) in [5.74, 6) is 0.232. The van der Waals surface area contributed by atoms with Crippen LogP contribution in [-0.2, 0) is 9.59 Å². The summed E-state index contributed by atoms with van der Waals surface area (Å²) in [6, 6.07) is 11.3. The summed E-state index contributed by atoms with van der Waals surface area (Å²) >= 11 is 0. The van der Waals surface area contributed by atoms with Gasteiger partial charge in [0.05, 0.1) is 11.7 Å². The number of hydrogen-bond donors (Lipinski definition) is 1. The van der Waals surface area contributed by atoms with Gasteiger partial charge in [-0.1, -0.05) is 44.2 Å². The van der Waals surface area contributed by atoms with Gasteiger partial charge in [0.1, 0.15) is 6.04 Å². The third-order valence-corrected chi connectivity index (χ3v) is 5.52. The fourth-order valence-electron chi connectivity index (χ4n) is 3.81. The first-order valence-corrected chi connectivity index (χ1v) is 9.97. The zero-order valence-corrected chi connectivity index (χ0v) is 17.1. The van der Waals surface area contributed by atoms with Crippen molar-refractivity contribution in [3.63, 3.8) is 0 Å². The molecule has 0 saturated carbocycles. The monoisotopic (exact) mass is 379 g/mol. The molecule has 0 bridgehead atoms. The molecular weight excluding hydrogens is 350 g/mol. The number of likely N-dealkylation sites (tertiary alicyclic amines) is 1. The molecule has 0 aliphatic carbocycles. The number of benzene rings is 1. The highest BCUT2D eigenvalue weighted by Gasteiger charge is 2.34. The highest BCUT2D eigenvalue weighted by atomic mass is 16.2. The lowest BCUT2D eigenvalue weighted by Gasteiger charge is -2.26. The number of nitrogens with one attached hydrogen (secondary N) is 1. The Hall–Kier alpha value is -2.69. The molecule has 1 saturated heterocycles. The average molecular weight is 380 g/mol. The fraction of sp³-hybridized carbons (Fsp3) is 0.435. The van der Waals surface area contributed by atoms with E-state index in [1.54, 1.807) is 4.90 Å². The molecule has 3 rings (SSSR count). The number of rotatable bonds is 5. The van der Waals surface area contributed by atoms with E-state index in [4.69, 9.17) is 0 Å². The Morgan fingerprint density at radius 1 is 1.18 bits per heavy atom. The van der Waals surface area contributed by atoms with Crippen molar-refractivity contribution >= 4 is 11.8 Å². The Kier molecular flexibility index (Phi) is 6.12. The van der Waals surface area contributed by atoms with E-state index in [-0.39, 0.29) is 17.9 Å². The summed E-state index contributed by atoms with van der Waals surface area (Å²) < 4.78 is 0. The van der Waals surface area contributed by atoms with Gasteiger partial charge in [-0.2, -0.15) is 0 Å². The third kappa shape index (κ3) is 4.24. The molecule has 1 unspecified atom stereocenters. The molecule has 2 aromatic rings. The smallest absolute Gasteiger partial charge is 0.243 e. The minimum absolute atomic E-state index is 0.0514. The summed E-state index contributed by atoms with van der Waals surface area (Å²) in [6.07, 6.45) is 3.44. The summed E-state index contributed by atoms with van der Waals surface area (Å²) in [6.45, 7) is 8.47. The average Bonchev–Trinajstić information content (AvgIpc) is 3.17. The summed E-state index contributed by atoms with van der Waals surface area (Å²) in [7, 11) is 0. The Morgan fingerprint density at radius 3 is 2.54 bits per heavy atom. The van der Waals surface area contributed by atoms with Crippen LogP contribution in [0.2, 0.25) is 0 Å². The lowest BCUT2D eigenvalue weighted by atomic mass is 9.96. The van der Waals surface area contributed by atoms with E-state index < -0.39 is 6.04 Å². The molecule has 5 heteroatoms. The van der Waals surface area contributed by atoms with Gasteiger partial charge >= 0.3 is 0 Å². The first kappa shape index (κ1) is 20.1. The number of amides is 2. The van der Waals surface area contributed by atoms with E-state index >= 15 is 0 Å². The van der Waals surface area contributed by atoms with Gasteiger partial charge in [0.2, 0.25) is 11.8 Å². The van der Waals surface area contributed by atoms with Crippen molar-refractivity contribution in [3.05, 3.63) is 65.0 Å². The summed E-state index contributed by atoms with van der Waals surface area (Å²) in [5, 5.41) is 3.17. The molecule has 1 N–H and O–H groups in total. The number of aryl methyl sites for hydroxylation is 1. The summed E-state index contributed by atoms with van der Waals surface area (Å²) in [5.41, 5.74) is 4.09. The topological polar surface area (TPSA) is 62.3 Å². The quantitative estimate of drug-likeness (QED) is 0.861. The van der Waals surface area contributed by atoms with Crippen LogP contribution in [0.15, 0.2) is 42.6 Å². The molecule has 1 aliphatic heterocycles. The molecule has 5 nitrogen and oxygen atoms in total. The van der Waals surface area contributed by atoms with Gasteiger partial charge < -0.3 is 10.2 Å². The number of nitrogens with zero attached hydrogens (tertiary/aromatic N) is 2. The van der Waals surface area contributed by atoms with Crippen molar-refractivity contribution in [2.75, 3.05) is 6.54 Å². The van der Waals surface area contributed by atoms with E-state index in [2.05, 4.69) is 30.2 Å². The maximum Gasteiger partial charge on any atom is 0.243 e. The van der Waals surface area contributed by atoms with Crippen LogP contribution in [-0.4, -0.2) is 34.3 Å². The minimum atomic E-state index is -0.404. The molecule has 1 aromatic carbocycles. The van der Waals surface area contributed by atoms with Gasteiger partial charge in [0.25, 0.3) is 0 Å². The normalized spacial score (nSPS) is 17.6. The predicted molar refractivity (Wildman–Crippen MR) is 110 cm³/mol. The number of aromatic nitrogens is 1. The first-order chi connectivity index (χ1) is 13.4. The highest BCUT2D eigenvalue weighted by Crippen LogP contribution is 2.26. The van der Waals surface area contributed by atoms with Crippen LogP contribution in [0.5, 0.6) is 0 Å². The maximum absolute atomic E-state index is 13.1. The Bertz CT molecular complexity index is 845. The Morgan fingerprint density at radius 2 is 1.93 bits per heavy atom. The second-order valence-corrected chi connectivity index (χ2v) is 7.84. The molecule has 1 aromatic heterocycles. The van der Waals surface area contributed by atoms with E-state index in [0.717, 1.165) is 28.8 Å². The standard InChI is InChI=1S/C23H29N3O2/c1-15(2)18-11-12-20(24-14-18)22(19-9-6-5-8-16(19)3)25-23(28)21-10-7-13-26(21)17(4)27/h5-6,8-9,11-12,14-15,21-22H,7,10,13H2,1-4H3,(H,25,28)/t21-,22?/m0/s1. The fourth-order valence-corrected chi connectivity index (χ4v) is 3.81. The SMILES string of the molecule is CC(=O)N1CCC[C@H]1C(=O)NC(c1ccc(C(C)C)cn1)c1ccccc1C. The van der Waals surface area contributed by atoms with Crippen LogP contribution < -0.4 is 5.32 Å². The first-order valence-electron chi connectivity index (χ1n) is 9.97. The predicted octanol–water partition coefficient (Wildman–Crippen LogP) is 3.73. The van der Waals surface area contributed by atoms with Crippen LogP contribution >= 0.6 is 0 Å². The minimum Gasteiger partial charge on any atom is -0.342 e. The molecule has 1 fully saturated rings. The van der Waals surface area contributed by atoms with Crippen LogP contribution in [0.4, 0.5) is 0 Å². The van der Waals surface area contributed by atoms with Gasteiger partial charge in [-0.25, -0.2) is 0 Å².